The minimum atomic E-state index is 0.744. The average Bonchev–Trinajstić information content (AvgIpc) is 2.86. The van der Waals surface area contributed by atoms with Gasteiger partial charge >= 0.3 is 0 Å². The van der Waals surface area contributed by atoms with E-state index >= 15 is 0 Å². The van der Waals surface area contributed by atoms with Gasteiger partial charge in [-0.05, 0) is 36.8 Å². The summed E-state index contributed by atoms with van der Waals surface area (Å²) in [5.74, 6) is 0.985. The molecule has 0 atom stereocenters. The monoisotopic (exact) mass is 299 g/mol. The Morgan fingerprint density at radius 3 is 2.76 bits per heavy atom. The Hall–Kier alpha value is -2.00. The molecule has 2 aromatic carbocycles. The van der Waals surface area contributed by atoms with Gasteiger partial charge in [0.2, 0.25) is 0 Å². The van der Waals surface area contributed by atoms with Crippen LogP contribution in [0.3, 0.4) is 0 Å². The minimum absolute atomic E-state index is 0.744. The van der Waals surface area contributed by atoms with Gasteiger partial charge in [0, 0.05) is 29.9 Å². The van der Waals surface area contributed by atoms with Crippen molar-refractivity contribution in [1.82, 2.24) is 9.55 Å². The molecule has 0 aliphatic heterocycles. The van der Waals surface area contributed by atoms with Crippen molar-refractivity contribution in [3.8, 4) is 11.4 Å². The van der Waals surface area contributed by atoms with Crippen molar-refractivity contribution in [1.29, 1.82) is 0 Å². The summed E-state index contributed by atoms with van der Waals surface area (Å²) in [7, 11) is 1.93. The number of aryl methyl sites for hydroxylation is 1. The zero-order chi connectivity index (χ0) is 14.8. The lowest BCUT2D eigenvalue weighted by Crippen LogP contribution is -2.01. The van der Waals surface area contributed by atoms with Crippen LogP contribution in [0.15, 0.2) is 42.5 Å². The topological polar surface area (TPSA) is 29.9 Å². The third-order valence-corrected chi connectivity index (χ3v) is 3.83. The van der Waals surface area contributed by atoms with Crippen molar-refractivity contribution >= 4 is 28.3 Å². The molecule has 3 rings (SSSR count). The Morgan fingerprint density at radius 1 is 1.19 bits per heavy atom. The summed E-state index contributed by atoms with van der Waals surface area (Å²) in [6, 6.07) is 14.1. The molecule has 0 amide bonds. The van der Waals surface area contributed by atoms with Gasteiger partial charge in [0.1, 0.15) is 5.82 Å². The van der Waals surface area contributed by atoms with E-state index in [9.17, 15) is 0 Å². The lowest BCUT2D eigenvalue weighted by Gasteiger charge is -2.11. The first-order valence-corrected chi connectivity index (χ1v) is 7.55. The largest absolute Gasteiger partial charge is 0.388 e. The Kier molecular flexibility index (Phi) is 3.84. The second kappa shape index (κ2) is 5.78. The summed E-state index contributed by atoms with van der Waals surface area (Å²) in [5.41, 5.74) is 4.26. The highest BCUT2D eigenvalue weighted by Crippen LogP contribution is 2.31. The molecule has 0 fully saturated rings. The molecule has 0 saturated carbocycles. The average molecular weight is 300 g/mol. The molecule has 0 aliphatic rings. The molecule has 3 aromatic rings. The van der Waals surface area contributed by atoms with E-state index in [0.717, 1.165) is 46.1 Å². The molecular formula is C17H18ClN3. The van der Waals surface area contributed by atoms with E-state index in [-0.39, 0.29) is 0 Å². The molecule has 0 bridgehead atoms. The highest BCUT2D eigenvalue weighted by molar-refractivity contribution is 6.31. The molecule has 0 spiro atoms. The number of anilines is 1. The van der Waals surface area contributed by atoms with E-state index in [2.05, 4.69) is 28.9 Å². The number of imidazole rings is 1. The number of benzene rings is 2. The highest BCUT2D eigenvalue weighted by atomic mass is 35.5. The van der Waals surface area contributed by atoms with Crippen LogP contribution in [0.5, 0.6) is 0 Å². The standard InChI is InChI=1S/C17H18ClN3/c1-3-10-21-16-11-12(18)8-9-15(16)20-17(21)13-6-4-5-7-14(13)19-2/h4-9,11,19H,3,10H2,1-2H3. The van der Waals surface area contributed by atoms with Gasteiger partial charge < -0.3 is 9.88 Å². The Balaban J connectivity index is 2.28. The summed E-state index contributed by atoms with van der Waals surface area (Å²) < 4.78 is 2.25. The SMILES string of the molecule is CCCn1c(-c2ccccc2NC)nc2ccc(Cl)cc21. The number of rotatable bonds is 4. The summed E-state index contributed by atoms with van der Waals surface area (Å²) >= 11 is 6.15. The Bertz CT molecular complexity index is 777. The van der Waals surface area contributed by atoms with Gasteiger partial charge in [-0.15, -0.1) is 0 Å². The molecule has 3 nitrogen and oxygen atoms in total. The fourth-order valence-electron chi connectivity index (χ4n) is 2.65. The van der Waals surface area contributed by atoms with Crippen molar-refractivity contribution in [2.45, 2.75) is 19.9 Å². The first-order valence-electron chi connectivity index (χ1n) is 7.17. The molecule has 0 radical (unpaired) electrons. The van der Waals surface area contributed by atoms with E-state index in [1.807, 2.05) is 37.4 Å². The number of para-hydroxylation sites is 1. The second-order valence-electron chi connectivity index (χ2n) is 5.02. The van der Waals surface area contributed by atoms with Crippen LogP contribution in [0.25, 0.3) is 22.4 Å². The Morgan fingerprint density at radius 2 is 2.00 bits per heavy atom. The molecule has 1 aromatic heterocycles. The van der Waals surface area contributed by atoms with Gasteiger partial charge in [0.25, 0.3) is 0 Å². The molecule has 1 heterocycles. The molecule has 0 unspecified atom stereocenters. The van der Waals surface area contributed by atoms with Gasteiger partial charge in [-0.25, -0.2) is 4.98 Å². The van der Waals surface area contributed by atoms with Crippen molar-refractivity contribution in [3.05, 3.63) is 47.5 Å². The highest BCUT2D eigenvalue weighted by Gasteiger charge is 2.14. The molecule has 0 aliphatic carbocycles. The number of fused-ring (bicyclic) bond motifs is 1. The maximum Gasteiger partial charge on any atom is 0.143 e. The smallest absolute Gasteiger partial charge is 0.143 e. The third-order valence-electron chi connectivity index (χ3n) is 3.59. The first-order chi connectivity index (χ1) is 10.2. The van der Waals surface area contributed by atoms with Crippen molar-refractivity contribution < 1.29 is 0 Å². The van der Waals surface area contributed by atoms with Gasteiger partial charge in [0.15, 0.2) is 0 Å². The molecule has 108 valence electrons. The van der Waals surface area contributed by atoms with Crippen LogP contribution in [0.2, 0.25) is 5.02 Å². The van der Waals surface area contributed by atoms with Crippen molar-refractivity contribution in [2.24, 2.45) is 0 Å². The van der Waals surface area contributed by atoms with Gasteiger partial charge in [-0.3, -0.25) is 0 Å². The predicted molar refractivity (Wildman–Crippen MR) is 90.0 cm³/mol. The lowest BCUT2D eigenvalue weighted by molar-refractivity contribution is 0.704. The van der Waals surface area contributed by atoms with E-state index in [4.69, 9.17) is 16.6 Å². The quantitative estimate of drug-likeness (QED) is 0.749. The molecule has 0 saturated heterocycles. The zero-order valence-corrected chi connectivity index (χ0v) is 13.0. The number of halogens is 1. The molecule has 1 N–H and O–H groups in total. The fraction of sp³-hybridized carbons (Fsp3) is 0.235. The summed E-state index contributed by atoms with van der Waals surface area (Å²) in [4.78, 5) is 4.82. The summed E-state index contributed by atoms with van der Waals surface area (Å²) in [6.07, 6.45) is 1.05. The van der Waals surface area contributed by atoms with Crippen LogP contribution in [0.4, 0.5) is 5.69 Å². The number of hydrogen-bond donors (Lipinski definition) is 1. The van der Waals surface area contributed by atoms with Crippen molar-refractivity contribution in [3.63, 3.8) is 0 Å². The number of aromatic nitrogens is 2. The van der Waals surface area contributed by atoms with Gasteiger partial charge in [-0.2, -0.15) is 0 Å². The maximum atomic E-state index is 6.15. The van der Waals surface area contributed by atoms with Crippen LogP contribution in [-0.4, -0.2) is 16.6 Å². The first kappa shape index (κ1) is 14.0. The Labute approximate surface area is 129 Å². The van der Waals surface area contributed by atoms with Gasteiger partial charge in [0.05, 0.1) is 11.0 Å². The minimum Gasteiger partial charge on any atom is -0.388 e. The predicted octanol–water partition coefficient (Wildman–Crippen LogP) is 4.81. The second-order valence-corrected chi connectivity index (χ2v) is 5.45. The fourth-order valence-corrected chi connectivity index (χ4v) is 2.81. The van der Waals surface area contributed by atoms with Crippen LogP contribution in [-0.2, 0) is 6.54 Å². The van der Waals surface area contributed by atoms with E-state index in [1.165, 1.54) is 0 Å². The zero-order valence-electron chi connectivity index (χ0n) is 12.2. The van der Waals surface area contributed by atoms with Crippen molar-refractivity contribution in [2.75, 3.05) is 12.4 Å². The summed E-state index contributed by atoms with van der Waals surface area (Å²) in [6.45, 7) is 3.09. The van der Waals surface area contributed by atoms with E-state index < -0.39 is 0 Å². The van der Waals surface area contributed by atoms with Crippen LogP contribution >= 0.6 is 11.6 Å². The number of hydrogen-bond acceptors (Lipinski definition) is 2. The summed E-state index contributed by atoms with van der Waals surface area (Å²) in [5, 5.41) is 3.98. The maximum absolute atomic E-state index is 6.15. The van der Waals surface area contributed by atoms with E-state index in [0.29, 0.717) is 0 Å². The van der Waals surface area contributed by atoms with Crippen LogP contribution in [0, 0.1) is 0 Å². The molecule has 4 heteroatoms. The van der Waals surface area contributed by atoms with Crippen LogP contribution < -0.4 is 5.32 Å². The lowest BCUT2D eigenvalue weighted by atomic mass is 10.1. The normalized spacial score (nSPS) is 11.0. The van der Waals surface area contributed by atoms with E-state index in [1.54, 1.807) is 0 Å². The molecule has 21 heavy (non-hydrogen) atoms. The van der Waals surface area contributed by atoms with Crippen LogP contribution in [0.1, 0.15) is 13.3 Å². The molecular weight excluding hydrogens is 282 g/mol. The third kappa shape index (κ3) is 2.49. The number of nitrogens with zero attached hydrogens (tertiary/aromatic N) is 2. The van der Waals surface area contributed by atoms with Gasteiger partial charge in [-0.1, -0.05) is 30.7 Å². The number of nitrogens with one attached hydrogen (secondary N) is 1.